The van der Waals surface area contributed by atoms with Gasteiger partial charge < -0.3 is 4.74 Å². The Morgan fingerprint density at radius 2 is 1.59 bits per heavy atom. The number of nitrogens with zero attached hydrogens (tertiary/aromatic N) is 1. The van der Waals surface area contributed by atoms with Crippen LogP contribution in [0.1, 0.15) is 43.6 Å². The molecule has 27 heavy (non-hydrogen) atoms. The van der Waals surface area contributed by atoms with E-state index in [1.807, 2.05) is 0 Å². The third-order valence-electron chi connectivity index (χ3n) is 4.85. The van der Waals surface area contributed by atoms with Crippen molar-refractivity contribution in [3.63, 3.8) is 0 Å². The Morgan fingerprint density at radius 1 is 1.00 bits per heavy atom. The number of likely N-dealkylation sites (tertiary alicyclic amines) is 1. The van der Waals surface area contributed by atoms with E-state index in [0.29, 0.717) is 23.7 Å². The van der Waals surface area contributed by atoms with Crippen molar-refractivity contribution in [2.24, 2.45) is 0 Å². The first-order valence-corrected chi connectivity index (χ1v) is 9.25. The number of alkyl halides is 3. The van der Waals surface area contributed by atoms with Gasteiger partial charge in [0.1, 0.15) is 6.10 Å². The van der Waals surface area contributed by atoms with Crippen LogP contribution in [0.4, 0.5) is 13.2 Å². The van der Waals surface area contributed by atoms with E-state index in [1.54, 1.807) is 30.3 Å². The van der Waals surface area contributed by atoms with Gasteiger partial charge in [-0.25, -0.2) is 0 Å². The minimum Gasteiger partial charge on any atom is -0.363 e. The average molecular weight is 398 g/mol. The van der Waals surface area contributed by atoms with Crippen molar-refractivity contribution >= 4 is 11.6 Å². The zero-order chi connectivity index (χ0) is 19.8. The van der Waals surface area contributed by atoms with Crippen LogP contribution in [0, 0.1) is 0 Å². The molecule has 1 unspecified atom stereocenters. The van der Waals surface area contributed by atoms with E-state index in [2.05, 4.69) is 25.7 Å². The second-order valence-electron chi connectivity index (χ2n) is 7.85. The van der Waals surface area contributed by atoms with Crippen molar-refractivity contribution in [2.45, 2.75) is 44.7 Å². The van der Waals surface area contributed by atoms with Crippen LogP contribution in [-0.4, -0.2) is 29.6 Å². The van der Waals surface area contributed by atoms with E-state index in [1.165, 1.54) is 12.1 Å². The van der Waals surface area contributed by atoms with Crippen molar-refractivity contribution in [1.82, 2.24) is 4.90 Å². The molecule has 0 aliphatic carbocycles. The molecule has 0 radical (unpaired) electrons. The van der Waals surface area contributed by atoms with Crippen molar-refractivity contribution in [3.05, 3.63) is 70.2 Å². The molecule has 0 N–H and O–H groups in total. The summed E-state index contributed by atoms with van der Waals surface area (Å²) in [7, 11) is 0. The van der Waals surface area contributed by atoms with Gasteiger partial charge in [0, 0.05) is 23.7 Å². The van der Waals surface area contributed by atoms with Crippen LogP contribution in [0.15, 0.2) is 48.5 Å². The summed E-state index contributed by atoms with van der Waals surface area (Å²) in [5.74, 6) is 0. The van der Waals surface area contributed by atoms with E-state index < -0.39 is 17.8 Å². The summed E-state index contributed by atoms with van der Waals surface area (Å²) < 4.78 is 46.8. The Balaban J connectivity index is 1.92. The van der Waals surface area contributed by atoms with Crippen molar-refractivity contribution in [2.75, 3.05) is 13.1 Å². The maximum Gasteiger partial charge on any atom is 0.416 e. The summed E-state index contributed by atoms with van der Waals surface area (Å²) >= 11 is 5.95. The molecule has 2 aromatic carbocycles. The lowest BCUT2D eigenvalue weighted by atomic mass is 9.95. The fraction of sp³-hybridized carbons (Fsp3) is 0.429. The van der Waals surface area contributed by atoms with Gasteiger partial charge in [-0.15, -0.1) is 0 Å². The molecule has 0 saturated carbocycles. The first-order valence-electron chi connectivity index (χ1n) is 8.88. The molecule has 0 spiro atoms. The highest BCUT2D eigenvalue weighted by Crippen LogP contribution is 2.39. The van der Waals surface area contributed by atoms with Gasteiger partial charge in [-0.1, -0.05) is 41.9 Å². The topological polar surface area (TPSA) is 12.5 Å². The lowest BCUT2D eigenvalue weighted by Crippen LogP contribution is -2.59. The standard InChI is InChI=1S/C21H23ClF3NO/c1-20(2,3)26-12-16(13-26)27-19(14-8-10-15(22)11-9-14)17-6-4-5-7-18(17)21(23,24)25/h4-11,16,19H,12-13H2,1-3H3. The summed E-state index contributed by atoms with van der Waals surface area (Å²) in [5, 5.41) is 0.532. The fourth-order valence-corrected chi connectivity index (χ4v) is 3.34. The zero-order valence-electron chi connectivity index (χ0n) is 15.6. The number of ether oxygens (including phenoxy) is 1. The molecule has 0 amide bonds. The first-order chi connectivity index (χ1) is 12.6. The Labute approximate surface area is 162 Å². The SMILES string of the molecule is CC(C)(C)N1CC(OC(c2ccc(Cl)cc2)c2ccccc2C(F)(F)F)C1. The molecule has 3 rings (SSSR count). The van der Waals surface area contributed by atoms with E-state index in [0.717, 1.165) is 6.07 Å². The summed E-state index contributed by atoms with van der Waals surface area (Å²) in [5.41, 5.74) is 0.128. The molecule has 1 atom stereocenters. The lowest BCUT2D eigenvalue weighted by molar-refractivity contribution is -0.142. The summed E-state index contributed by atoms with van der Waals surface area (Å²) in [6.45, 7) is 7.72. The highest BCUT2D eigenvalue weighted by atomic mass is 35.5. The highest BCUT2D eigenvalue weighted by molar-refractivity contribution is 6.30. The number of rotatable bonds is 4. The molecule has 1 aliphatic heterocycles. The predicted octanol–water partition coefficient (Wildman–Crippen LogP) is 5.95. The first kappa shape index (κ1) is 20.2. The van der Waals surface area contributed by atoms with Gasteiger partial charge in [0.15, 0.2) is 0 Å². The van der Waals surface area contributed by atoms with Gasteiger partial charge in [0.25, 0.3) is 0 Å². The number of halogens is 4. The van der Waals surface area contributed by atoms with E-state index in [4.69, 9.17) is 16.3 Å². The minimum absolute atomic E-state index is 0.0134. The molecular weight excluding hydrogens is 375 g/mol. The van der Waals surface area contributed by atoms with Gasteiger partial charge in [-0.05, 0) is 50.1 Å². The van der Waals surface area contributed by atoms with E-state index in [-0.39, 0.29) is 17.2 Å². The van der Waals surface area contributed by atoms with Crippen molar-refractivity contribution in [1.29, 1.82) is 0 Å². The van der Waals surface area contributed by atoms with Crippen LogP contribution in [0.25, 0.3) is 0 Å². The molecule has 2 aromatic rings. The molecule has 1 saturated heterocycles. The largest absolute Gasteiger partial charge is 0.416 e. The molecule has 0 aromatic heterocycles. The van der Waals surface area contributed by atoms with Gasteiger partial charge in [-0.3, -0.25) is 4.90 Å². The Morgan fingerprint density at radius 3 is 2.15 bits per heavy atom. The van der Waals surface area contributed by atoms with Crippen LogP contribution in [0.5, 0.6) is 0 Å². The van der Waals surface area contributed by atoms with Crippen LogP contribution in [0.2, 0.25) is 5.02 Å². The average Bonchev–Trinajstić information content (AvgIpc) is 2.53. The zero-order valence-corrected chi connectivity index (χ0v) is 16.3. The molecule has 0 bridgehead atoms. The number of hydrogen-bond donors (Lipinski definition) is 0. The van der Waals surface area contributed by atoms with Gasteiger partial charge in [-0.2, -0.15) is 13.2 Å². The van der Waals surface area contributed by atoms with E-state index in [9.17, 15) is 13.2 Å². The van der Waals surface area contributed by atoms with Crippen molar-refractivity contribution in [3.8, 4) is 0 Å². The van der Waals surface area contributed by atoms with Crippen LogP contribution >= 0.6 is 11.6 Å². The maximum absolute atomic E-state index is 13.6. The van der Waals surface area contributed by atoms with Gasteiger partial charge in [0.2, 0.25) is 0 Å². The maximum atomic E-state index is 13.6. The number of benzene rings is 2. The predicted molar refractivity (Wildman–Crippen MR) is 101 cm³/mol. The van der Waals surface area contributed by atoms with Gasteiger partial charge >= 0.3 is 6.18 Å². The molecule has 1 aliphatic rings. The lowest BCUT2D eigenvalue weighted by Gasteiger charge is -2.48. The normalized spacial score (nSPS) is 17.6. The third kappa shape index (κ3) is 4.65. The monoisotopic (exact) mass is 397 g/mol. The van der Waals surface area contributed by atoms with Gasteiger partial charge in [0.05, 0.1) is 11.7 Å². The minimum atomic E-state index is -4.44. The summed E-state index contributed by atoms with van der Waals surface area (Å²) in [6.07, 6.45) is -5.36. The Kier molecular flexibility index (Phi) is 5.57. The third-order valence-corrected chi connectivity index (χ3v) is 5.10. The number of hydrogen-bond acceptors (Lipinski definition) is 2. The summed E-state index contributed by atoms with van der Waals surface area (Å²) in [4.78, 5) is 2.24. The van der Waals surface area contributed by atoms with Crippen molar-refractivity contribution < 1.29 is 17.9 Å². The second kappa shape index (κ2) is 7.46. The molecule has 146 valence electrons. The fourth-order valence-electron chi connectivity index (χ4n) is 3.22. The Bertz CT molecular complexity index is 777. The molecule has 2 nitrogen and oxygen atoms in total. The van der Waals surface area contributed by atoms with Crippen LogP contribution in [-0.2, 0) is 10.9 Å². The molecule has 6 heteroatoms. The van der Waals surface area contributed by atoms with E-state index >= 15 is 0 Å². The molecule has 1 fully saturated rings. The molecule has 1 heterocycles. The van der Waals surface area contributed by atoms with Crippen LogP contribution in [0.3, 0.4) is 0 Å². The quantitative estimate of drug-likeness (QED) is 0.632. The Hall–Kier alpha value is -1.56. The van der Waals surface area contributed by atoms with Crippen LogP contribution < -0.4 is 0 Å². The second-order valence-corrected chi connectivity index (χ2v) is 8.29. The highest BCUT2D eigenvalue weighted by Gasteiger charge is 2.39. The smallest absolute Gasteiger partial charge is 0.363 e. The molecular formula is C21H23ClF3NO. The summed E-state index contributed by atoms with van der Waals surface area (Å²) in [6, 6.07) is 12.4.